The molecule has 0 bridgehead atoms. The van der Waals surface area contributed by atoms with E-state index in [9.17, 15) is 0 Å². The van der Waals surface area contributed by atoms with Gasteiger partial charge in [-0.3, -0.25) is 4.68 Å². The number of nitrogens with zero attached hydrogens (tertiary/aromatic N) is 2. The molecule has 0 saturated heterocycles. The lowest BCUT2D eigenvalue weighted by Crippen LogP contribution is -2.30. The van der Waals surface area contributed by atoms with Crippen molar-refractivity contribution in [1.29, 1.82) is 0 Å². The summed E-state index contributed by atoms with van der Waals surface area (Å²) in [5, 5.41) is 6.05. The van der Waals surface area contributed by atoms with Gasteiger partial charge in [-0.1, -0.05) is 31.5 Å². The summed E-state index contributed by atoms with van der Waals surface area (Å²) in [7, 11) is 2.03. The minimum absolute atomic E-state index is 0.276. The minimum atomic E-state index is 0.276. The molecule has 0 aliphatic heterocycles. The summed E-state index contributed by atoms with van der Waals surface area (Å²) in [6.07, 6.45) is 6.17. The smallest absolute Gasteiger partial charge is 0.0709 e. The molecule has 108 valence electrons. The Labute approximate surface area is 121 Å². The highest BCUT2D eigenvalue weighted by atomic mass is 15.3. The Kier molecular flexibility index (Phi) is 3.55. The van der Waals surface area contributed by atoms with E-state index in [2.05, 4.69) is 31.2 Å². The van der Waals surface area contributed by atoms with Crippen LogP contribution in [-0.2, 0) is 13.5 Å². The van der Waals surface area contributed by atoms with Gasteiger partial charge in [0.05, 0.1) is 11.2 Å². The Bertz CT molecular complexity index is 601. The van der Waals surface area contributed by atoms with Crippen LogP contribution >= 0.6 is 0 Å². The molecule has 20 heavy (non-hydrogen) atoms. The molecule has 1 aromatic heterocycles. The van der Waals surface area contributed by atoms with Crippen LogP contribution in [-0.4, -0.2) is 16.3 Å². The molecule has 3 heteroatoms. The van der Waals surface area contributed by atoms with Crippen molar-refractivity contribution in [3.05, 3.63) is 30.0 Å². The van der Waals surface area contributed by atoms with Crippen molar-refractivity contribution in [3.8, 4) is 0 Å². The van der Waals surface area contributed by atoms with E-state index < -0.39 is 0 Å². The summed E-state index contributed by atoms with van der Waals surface area (Å²) in [6, 6.07) is 8.51. The zero-order valence-corrected chi connectivity index (χ0v) is 12.6. The Hall–Kier alpha value is -1.35. The number of rotatable bonds is 4. The Morgan fingerprint density at radius 3 is 2.90 bits per heavy atom. The summed E-state index contributed by atoms with van der Waals surface area (Å²) in [6.45, 7) is 3.09. The second-order valence-electron chi connectivity index (χ2n) is 6.49. The van der Waals surface area contributed by atoms with Gasteiger partial charge in [0.25, 0.3) is 0 Å². The van der Waals surface area contributed by atoms with Gasteiger partial charge in [0, 0.05) is 12.4 Å². The molecular formula is C17H25N3. The summed E-state index contributed by atoms with van der Waals surface area (Å²) in [5.74, 6) is 0.855. The van der Waals surface area contributed by atoms with E-state index in [4.69, 9.17) is 10.8 Å². The number of hydrogen-bond donors (Lipinski definition) is 1. The molecule has 1 aliphatic rings. The van der Waals surface area contributed by atoms with Crippen LogP contribution in [0.15, 0.2) is 24.3 Å². The van der Waals surface area contributed by atoms with Gasteiger partial charge in [0.1, 0.15) is 0 Å². The third-order valence-electron chi connectivity index (χ3n) is 5.19. The number of nitrogens with two attached hydrogens (primary N) is 1. The average Bonchev–Trinajstić information content (AvgIpc) is 3.03. The quantitative estimate of drug-likeness (QED) is 0.927. The second-order valence-corrected chi connectivity index (χ2v) is 6.49. The molecule has 2 N–H and O–H groups in total. The van der Waals surface area contributed by atoms with Crippen molar-refractivity contribution in [2.24, 2.45) is 24.1 Å². The van der Waals surface area contributed by atoms with Crippen molar-refractivity contribution < 1.29 is 0 Å². The van der Waals surface area contributed by atoms with Crippen LogP contribution in [0.2, 0.25) is 0 Å². The first-order valence-electron chi connectivity index (χ1n) is 7.78. The molecule has 1 fully saturated rings. The summed E-state index contributed by atoms with van der Waals surface area (Å²) in [4.78, 5) is 0. The largest absolute Gasteiger partial charge is 0.330 e. The molecule has 3 nitrogen and oxygen atoms in total. The Morgan fingerprint density at radius 2 is 2.20 bits per heavy atom. The molecule has 1 heterocycles. The summed E-state index contributed by atoms with van der Waals surface area (Å²) < 4.78 is 2.00. The molecule has 2 atom stereocenters. The maximum Gasteiger partial charge on any atom is 0.0709 e. The second kappa shape index (κ2) is 5.21. The van der Waals surface area contributed by atoms with Gasteiger partial charge in [-0.25, -0.2) is 0 Å². The van der Waals surface area contributed by atoms with Gasteiger partial charge >= 0.3 is 0 Å². The Balaban J connectivity index is 1.92. The highest BCUT2D eigenvalue weighted by molar-refractivity contribution is 5.81. The number of hydrogen-bond acceptors (Lipinski definition) is 2. The van der Waals surface area contributed by atoms with Crippen LogP contribution in [0.1, 0.15) is 38.3 Å². The Morgan fingerprint density at radius 1 is 1.40 bits per heavy atom. The van der Waals surface area contributed by atoms with E-state index in [0.29, 0.717) is 0 Å². The molecule has 2 unspecified atom stereocenters. The first-order chi connectivity index (χ1) is 9.67. The third-order valence-corrected chi connectivity index (χ3v) is 5.19. The lowest BCUT2D eigenvalue weighted by atomic mass is 9.80. The van der Waals surface area contributed by atoms with Crippen molar-refractivity contribution in [2.75, 3.05) is 6.54 Å². The zero-order valence-electron chi connectivity index (χ0n) is 12.6. The van der Waals surface area contributed by atoms with Crippen LogP contribution in [0.5, 0.6) is 0 Å². The van der Waals surface area contributed by atoms with Gasteiger partial charge in [-0.05, 0) is 49.6 Å². The number of aromatic nitrogens is 2. The normalized spacial score (nSPS) is 26.4. The van der Waals surface area contributed by atoms with Gasteiger partial charge in [-0.15, -0.1) is 0 Å². The lowest BCUT2D eigenvalue weighted by molar-refractivity contribution is 0.288. The SMILES string of the molecule is CCC1CCC(CN)(Cc2nn(C)c3ccccc23)C1. The number of fused-ring (bicyclic) bond motifs is 1. The van der Waals surface area contributed by atoms with E-state index in [1.54, 1.807) is 0 Å². The minimum Gasteiger partial charge on any atom is -0.330 e. The fourth-order valence-corrected chi connectivity index (χ4v) is 3.87. The fourth-order valence-electron chi connectivity index (χ4n) is 3.87. The maximum atomic E-state index is 6.15. The molecule has 0 spiro atoms. The molecule has 3 rings (SSSR count). The summed E-state index contributed by atoms with van der Waals surface area (Å²) >= 11 is 0. The predicted octanol–water partition coefficient (Wildman–Crippen LogP) is 3.27. The molecule has 1 saturated carbocycles. The lowest BCUT2D eigenvalue weighted by Gasteiger charge is -2.27. The van der Waals surface area contributed by atoms with Crippen molar-refractivity contribution in [2.45, 2.75) is 39.0 Å². The highest BCUT2D eigenvalue weighted by Crippen LogP contribution is 2.45. The fraction of sp³-hybridized carbons (Fsp3) is 0.588. The van der Waals surface area contributed by atoms with Crippen molar-refractivity contribution in [1.82, 2.24) is 9.78 Å². The van der Waals surface area contributed by atoms with E-state index in [1.165, 1.54) is 42.3 Å². The molecule has 0 amide bonds. The zero-order chi connectivity index (χ0) is 14.2. The van der Waals surface area contributed by atoms with Crippen molar-refractivity contribution >= 4 is 10.9 Å². The van der Waals surface area contributed by atoms with Crippen molar-refractivity contribution in [3.63, 3.8) is 0 Å². The van der Waals surface area contributed by atoms with E-state index >= 15 is 0 Å². The third kappa shape index (κ3) is 2.24. The van der Waals surface area contributed by atoms with Crippen LogP contribution in [0.25, 0.3) is 10.9 Å². The van der Waals surface area contributed by atoms with E-state index in [-0.39, 0.29) is 5.41 Å². The molecule has 0 radical (unpaired) electrons. The monoisotopic (exact) mass is 271 g/mol. The number of aryl methyl sites for hydroxylation is 1. The first-order valence-corrected chi connectivity index (χ1v) is 7.78. The standard InChI is InChI=1S/C17H25N3/c1-3-13-8-9-17(10-13,12-18)11-15-14-6-4-5-7-16(14)20(2)19-15/h4-7,13H,3,8-12,18H2,1-2H3. The predicted molar refractivity (Wildman–Crippen MR) is 83.5 cm³/mol. The molecule has 1 aromatic carbocycles. The van der Waals surface area contributed by atoms with Crippen LogP contribution in [0, 0.1) is 11.3 Å². The van der Waals surface area contributed by atoms with Crippen LogP contribution in [0.3, 0.4) is 0 Å². The van der Waals surface area contributed by atoms with Crippen LogP contribution < -0.4 is 5.73 Å². The highest BCUT2D eigenvalue weighted by Gasteiger charge is 2.38. The van der Waals surface area contributed by atoms with Gasteiger partial charge < -0.3 is 5.73 Å². The van der Waals surface area contributed by atoms with Gasteiger partial charge in [0.2, 0.25) is 0 Å². The van der Waals surface area contributed by atoms with E-state index in [0.717, 1.165) is 18.9 Å². The summed E-state index contributed by atoms with van der Waals surface area (Å²) in [5.41, 5.74) is 8.87. The topological polar surface area (TPSA) is 43.8 Å². The van der Waals surface area contributed by atoms with Crippen LogP contribution in [0.4, 0.5) is 0 Å². The van der Waals surface area contributed by atoms with Gasteiger partial charge in [-0.2, -0.15) is 5.10 Å². The maximum absolute atomic E-state index is 6.15. The average molecular weight is 271 g/mol. The molecule has 2 aromatic rings. The van der Waals surface area contributed by atoms with E-state index in [1.807, 2.05) is 11.7 Å². The number of benzene rings is 1. The molecule has 1 aliphatic carbocycles. The first kappa shape index (κ1) is 13.6. The molecular weight excluding hydrogens is 246 g/mol. The number of para-hydroxylation sites is 1. The van der Waals surface area contributed by atoms with Gasteiger partial charge in [0.15, 0.2) is 0 Å².